The first-order chi connectivity index (χ1) is 14.1. The average Bonchev–Trinajstić information content (AvgIpc) is 3.29. The van der Waals surface area contributed by atoms with Crippen LogP contribution < -0.4 is 0 Å². The van der Waals surface area contributed by atoms with Crippen LogP contribution in [0.25, 0.3) is 22.8 Å². The first-order valence-electron chi connectivity index (χ1n) is 9.25. The normalized spacial score (nSPS) is 14.9. The number of benzene rings is 1. The second-order valence-electron chi connectivity index (χ2n) is 7.05. The number of nitrogens with zero attached hydrogens (tertiary/aromatic N) is 6. The predicted molar refractivity (Wildman–Crippen MR) is 107 cm³/mol. The Kier molecular flexibility index (Phi) is 4.39. The quantitative estimate of drug-likeness (QED) is 0.499. The van der Waals surface area contributed by atoms with E-state index in [0.717, 1.165) is 29.8 Å². The van der Waals surface area contributed by atoms with E-state index in [2.05, 4.69) is 42.6 Å². The zero-order chi connectivity index (χ0) is 20.0. The van der Waals surface area contributed by atoms with E-state index < -0.39 is 11.1 Å². The van der Waals surface area contributed by atoms with Crippen molar-refractivity contribution in [3.8, 4) is 22.8 Å². The number of thiol groups is 1. The summed E-state index contributed by atoms with van der Waals surface area (Å²) in [7, 11) is 0. The largest absolute Gasteiger partial charge is 0.419 e. The molecule has 1 unspecified atom stereocenters. The maximum atomic E-state index is 14.2. The van der Waals surface area contributed by atoms with Crippen LogP contribution in [0.5, 0.6) is 0 Å². The van der Waals surface area contributed by atoms with Crippen LogP contribution in [0, 0.1) is 12.7 Å². The minimum absolute atomic E-state index is 0.118. The second kappa shape index (κ2) is 7.07. The van der Waals surface area contributed by atoms with Gasteiger partial charge in [0.1, 0.15) is 11.1 Å². The Hall–Kier alpha value is -3.07. The Morgan fingerprint density at radius 1 is 1.10 bits per heavy atom. The molecule has 146 valence electrons. The van der Waals surface area contributed by atoms with Gasteiger partial charge in [0.25, 0.3) is 5.89 Å². The van der Waals surface area contributed by atoms with Gasteiger partial charge >= 0.3 is 0 Å². The SMILES string of the molecule is Cc1ccc(F)c(-c2nnc(C(S)c3nnc(-c4ccncc4)n3C3CC3)o2)c1. The predicted octanol–water partition coefficient (Wildman–Crippen LogP) is 4.19. The third kappa shape index (κ3) is 3.31. The van der Waals surface area contributed by atoms with Crippen LogP contribution in [0.15, 0.2) is 47.1 Å². The minimum Gasteiger partial charge on any atom is -0.419 e. The average molecular weight is 408 g/mol. The number of aromatic nitrogens is 6. The van der Waals surface area contributed by atoms with E-state index in [1.807, 2.05) is 19.1 Å². The van der Waals surface area contributed by atoms with E-state index >= 15 is 0 Å². The zero-order valence-corrected chi connectivity index (χ0v) is 16.4. The van der Waals surface area contributed by atoms with Crippen LogP contribution in [0.2, 0.25) is 0 Å². The van der Waals surface area contributed by atoms with Crippen LogP contribution in [0.4, 0.5) is 4.39 Å². The van der Waals surface area contributed by atoms with E-state index in [4.69, 9.17) is 4.42 Å². The van der Waals surface area contributed by atoms with Gasteiger partial charge in [-0.25, -0.2) is 4.39 Å². The van der Waals surface area contributed by atoms with E-state index in [0.29, 0.717) is 11.9 Å². The van der Waals surface area contributed by atoms with Gasteiger partial charge in [-0.15, -0.1) is 20.4 Å². The molecule has 1 aromatic carbocycles. The van der Waals surface area contributed by atoms with Gasteiger partial charge in [0, 0.05) is 24.0 Å². The topological polar surface area (TPSA) is 82.5 Å². The van der Waals surface area contributed by atoms with E-state index in [-0.39, 0.29) is 17.3 Å². The summed E-state index contributed by atoms with van der Waals surface area (Å²) in [5, 5.41) is 16.3. The minimum atomic E-state index is -0.576. The van der Waals surface area contributed by atoms with Gasteiger partial charge in [-0.3, -0.25) is 4.98 Å². The highest BCUT2D eigenvalue weighted by Crippen LogP contribution is 2.42. The highest BCUT2D eigenvalue weighted by molar-refractivity contribution is 7.80. The lowest BCUT2D eigenvalue weighted by molar-refractivity contribution is 0.501. The number of pyridine rings is 1. The first kappa shape index (κ1) is 18.0. The van der Waals surface area contributed by atoms with Crippen molar-refractivity contribution in [3.05, 3.63) is 65.8 Å². The Balaban J connectivity index is 1.52. The lowest BCUT2D eigenvalue weighted by atomic mass is 10.1. The molecule has 0 aliphatic heterocycles. The number of hydrogen-bond acceptors (Lipinski definition) is 7. The number of rotatable bonds is 5. The van der Waals surface area contributed by atoms with Gasteiger partial charge in [-0.05, 0) is 44.0 Å². The van der Waals surface area contributed by atoms with Crippen molar-refractivity contribution < 1.29 is 8.81 Å². The number of hydrogen-bond donors (Lipinski definition) is 1. The zero-order valence-electron chi connectivity index (χ0n) is 15.5. The molecule has 29 heavy (non-hydrogen) atoms. The van der Waals surface area contributed by atoms with Gasteiger partial charge in [-0.2, -0.15) is 12.6 Å². The van der Waals surface area contributed by atoms with Gasteiger partial charge in [0.05, 0.1) is 5.56 Å². The fourth-order valence-electron chi connectivity index (χ4n) is 3.25. The molecule has 1 fully saturated rings. The first-order valence-corrected chi connectivity index (χ1v) is 9.76. The van der Waals surface area contributed by atoms with Crippen molar-refractivity contribution >= 4 is 12.6 Å². The molecule has 3 aromatic heterocycles. The van der Waals surface area contributed by atoms with E-state index in [1.54, 1.807) is 24.5 Å². The molecule has 4 aromatic rings. The van der Waals surface area contributed by atoms with E-state index in [1.165, 1.54) is 6.07 Å². The molecule has 1 saturated carbocycles. The monoisotopic (exact) mass is 408 g/mol. The third-order valence-corrected chi connectivity index (χ3v) is 5.30. The van der Waals surface area contributed by atoms with Crippen molar-refractivity contribution in [2.45, 2.75) is 31.1 Å². The molecule has 1 atom stereocenters. The van der Waals surface area contributed by atoms with Crippen molar-refractivity contribution in [2.75, 3.05) is 0 Å². The van der Waals surface area contributed by atoms with Crippen molar-refractivity contribution in [3.63, 3.8) is 0 Å². The van der Waals surface area contributed by atoms with Crippen molar-refractivity contribution in [1.82, 2.24) is 29.9 Å². The van der Waals surface area contributed by atoms with Crippen LogP contribution in [-0.2, 0) is 0 Å². The maximum absolute atomic E-state index is 14.2. The van der Waals surface area contributed by atoms with Crippen LogP contribution >= 0.6 is 12.6 Å². The molecule has 9 heteroatoms. The molecular weight excluding hydrogens is 391 g/mol. The molecule has 1 aliphatic carbocycles. The molecule has 5 rings (SSSR count). The Morgan fingerprint density at radius 3 is 2.66 bits per heavy atom. The molecule has 0 saturated heterocycles. The second-order valence-corrected chi connectivity index (χ2v) is 7.57. The summed E-state index contributed by atoms with van der Waals surface area (Å²) >= 11 is 4.67. The van der Waals surface area contributed by atoms with Crippen LogP contribution in [0.3, 0.4) is 0 Å². The Labute approximate surface area is 171 Å². The molecule has 7 nitrogen and oxygen atoms in total. The van der Waals surface area contributed by atoms with Crippen LogP contribution in [0.1, 0.15) is 41.4 Å². The maximum Gasteiger partial charge on any atom is 0.250 e. The molecule has 0 spiro atoms. The van der Waals surface area contributed by atoms with E-state index in [9.17, 15) is 4.39 Å². The van der Waals surface area contributed by atoms with Gasteiger partial charge < -0.3 is 8.98 Å². The molecule has 0 N–H and O–H groups in total. The summed E-state index contributed by atoms with van der Waals surface area (Å²) in [4.78, 5) is 4.06. The molecule has 3 heterocycles. The van der Waals surface area contributed by atoms with Gasteiger partial charge in [0.2, 0.25) is 5.89 Å². The van der Waals surface area contributed by atoms with Gasteiger partial charge in [0.15, 0.2) is 11.6 Å². The van der Waals surface area contributed by atoms with Crippen LogP contribution in [-0.4, -0.2) is 29.9 Å². The molecule has 0 amide bonds. The fraction of sp³-hybridized carbons (Fsp3) is 0.250. The summed E-state index contributed by atoms with van der Waals surface area (Å²) in [6.07, 6.45) is 5.54. The van der Waals surface area contributed by atoms with Gasteiger partial charge in [-0.1, -0.05) is 11.6 Å². The summed E-state index contributed by atoms with van der Waals surface area (Å²) in [6.45, 7) is 1.88. The Bertz CT molecular complexity index is 1170. The summed E-state index contributed by atoms with van der Waals surface area (Å²) < 4.78 is 22.0. The third-order valence-electron chi connectivity index (χ3n) is 4.84. The van der Waals surface area contributed by atoms with Crippen molar-refractivity contribution in [1.29, 1.82) is 0 Å². The Morgan fingerprint density at radius 2 is 1.90 bits per heavy atom. The summed E-state index contributed by atoms with van der Waals surface area (Å²) in [6, 6.07) is 8.86. The smallest absolute Gasteiger partial charge is 0.250 e. The fourth-order valence-corrected chi connectivity index (χ4v) is 3.53. The summed E-state index contributed by atoms with van der Waals surface area (Å²) in [5.41, 5.74) is 2.10. The highest BCUT2D eigenvalue weighted by atomic mass is 32.1. The number of aryl methyl sites for hydroxylation is 1. The highest BCUT2D eigenvalue weighted by Gasteiger charge is 2.34. The standard InChI is InChI=1S/C20H17FN6OS/c1-11-2-5-15(21)14(10-11)19-25-26-20(28-19)16(29)18-24-23-17(27(18)13-3-4-13)12-6-8-22-9-7-12/h2,5-10,13,16,29H,3-4H2,1H3. The molecule has 1 aliphatic rings. The molecule has 0 radical (unpaired) electrons. The summed E-state index contributed by atoms with van der Waals surface area (Å²) in [5.74, 6) is 1.34. The lowest BCUT2D eigenvalue weighted by Crippen LogP contribution is -2.07. The lowest BCUT2D eigenvalue weighted by Gasteiger charge is -2.11. The number of halogens is 1. The van der Waals surface area contributed by atoms with Crippen molar-refractivity contribution in [2.24, 2.45) is 0 Å². The molecule has 0 bridgehead atoms. The molecular formula is C20H17FN6OS.